The van der Waals surface area contributed by atoms with E-state index in [2.05, 4.69) is 4.98 Å². The van der Waals surface area contributed by atoms with E-state index in [0.717, 1.165) is 10.6 Å². The molecular formula is C14H16N2O3S3. The van der Waals surface area contributed by atoms with Crippen LogP contribution in [0.25, 0.3) is 6.08 Å². The second-order valence-electron chi connectivity index (χ2n) is 4.81. The highest BCUT2D eigenvalue weighted by Crippen LogP contribution is 2.26. The first kappa shape index (κ1) is 16.9. The van der Waals surface area contributed by atoms with E-state index in [1.54, 1.807) is 44.6 Å². The highest BCUT2D eigenvalue weighted by atomic mass is 32.2. The summed E-state index contributed by atoms with van der Waals surface area (Å²) in [6.45, 7) is 1.80. The minimum Gasteiger partial charge on any atom is -0.345 e. The summed E-state index contributed by atoms with van der Waals surface area (Å²) in [6.07, 6.45) is 3.13. The van der Waals surface area contributed by atoms with Crippen molar-refractivity contribution in [2.24, 2.45) is 0 Å². The zero-order valence-corrected chi connectivity index (χ0v) is 14.9. The predicted molar refractivity (Wildman–Crippen MR) is 89.8 cm³/mol. The van der Waals surface area contributed by atoms with Gasteiger partial charge >= 0.3 is 0 Å². The van der Waals surface area contributed by atoms with Crippen LogP contribution < -0.4 is 0 Å². The lowest BCUT2D eigenvalue weighted by atomic mass is 10.3. The van der Waals surface area contributed by atoms with E-state index in [1.807, 2.05) is 0 Å². The van der Waals surface area contributed by atoms with Crippen LogP contribution in [0.3, 0.4) is 0 Å². The quantitative estimate of drug-likeness (QED) is 0.772. The van der Waals surface area contributed by atoms with E-state index in [0.29, 0.717) is 9.22 Å². The number of hydrogen-bond donors (Lipinski definition) is 0. The van der Waals surface area contributed by atoms with Gasteiger partial charge in [-0.15, -0.1) is 22.7 Å². The van der Waals surface area contributed by atoms with Crippen molar-refractivity contribution in [3.05, 3.63) is 39.2 Å². The number of sulfone groups is 1. The van der Waals surface area contributed by atoms with Gasteiger partial charge in [-0.3, -0.25) is 4.79 Å². The van der Waals surface area contributed by atoms with Gasteiger partial charge in [-0.2, -0.15) is 0 Å². The fraction of sp³-hybridized carbons (Fsp3) is 0.286. The molecule has 8 heteroatoms. The third-order valence-corrected chi connectivity index (χ3v) is 7.23. The number of rotatable bonds is 5. The van der Waals surface area contributed by atoms with Gasteiger partial charge in [0.05, 0.1) is 10.6 Å². The highest BCUT2D eigenvalue weighted by molar-refractivity contribution is 7.92. The molecule has 0 radical (unpaired) electrons. The molecule has 0 aliphatic rings. The summed E-state index contributed by atoms with van der Waals surface area (Å²) in [7, 11) is -0.00725. The Hall–Kier alpha value is -1.51. The Morgan fingerprint density at radius 3 is 2.73 bits per heavy atom. The Bertz CT molecular complexity index is 787. The molecular weight excluding hydrogens is 340 g/mol. The molecule has 2 aromatic heterocycles. The Labute approximate surface area is 137 Å². The first-order chi connectivity index (χ1) is 10.3. The molecule has 0 atom stereocenters. The number of carbonyl (C=O) groups excluding carboxylic acids is 1. The minimum absolute atomic E-state index is 0.117. The van der Waals surface area contributed by atoms with Crippen molar-refractivity contribution in [3.8, 4) is 0 Å². The first-order valence-corrected chi connectivity index (χ1v) is 9.76. The summed E-state index contributed by atoms with van der Waals surface area (Å²) in [5.74, 6) is -0.241. The van der Waals surface area contributed by atoms with Crippen LogP contribution in [0, 0.1) is 6.92 Å². The summed E-state index contributed by atoms with van der Waals surface area (Å²) in [5, 5.41) is 2.27. The molecule has 22 heavy (non-hydrogen) atoms. The number of thiophene rings is 1. The number of hydrogen-bond acceptors (Lipinski definition) is 6. The number of nitrogens with zero attached hydrogens (tertiary/aromatic N) is 2. The van der Waals surface area contributed by atoms with Gasteiger partial charge in [0, 0.05) is 20.2 Å². The van der Waals surface area contributed by atoms with Crippen LogP contribution >= 0.6 is 22.7 Å². The van der Waals surface area contributed by atoms with Crippen molar-refractivity contribution in [3.63, 3.8) is 0 Å². The molecule has 0 N–H and O–H groups in total. The summed E-state index contributed by atoms with van der Waals surface area (Å²) < 4.78 is 24.8. The molecule has 0 aromatic carbocycles. The molecule has 0 saturated carbocycles. The Kier molecular flexibility index (Phi) is 5.15. The third-order valence-electron chi connectivity index (χ3n) is 2.81. The van der Waals surface area contributed by atoms with Crippen molar-refractivity contribution < 1.29 is 13.2 Å². The SMILES string of the molecule is Cc1nc(CS(=O)(=O)c2cccs2)sc1C=CC(=O)N(C)C. The van der Waals surface area contributed by atoms with Crippen LogP contribution in [0.1, 0.15) is 15.6 Å². The third kappa shape index (κ3) is 4.02. The molecule has 0 aliphatic carbocycles. The molecule has 2 rings (SSSR count). The van der Waals surface area contributed by atoms with E-state index >= 15 is 0 Å². The lowest BCUT2D eigenvalue weighted by Crippen LogP contribution is -2.18. The van der Waals surface area contributed by atoms with Gasteiger partial charge in [-0.1, -0.05) is 6.07 Å². The van der Waals surface area contributed by atoms with Crippen LogP contribution in [0.4, 0.5) is 0 Å². The molecule has 5 nitrogen and oxygen atoms in total. The fourth-order valence-corrected chi connectivity index (χ4v) is 5.32. The normalized spacial score (nSPS) is 12.0. The number of likely N-dealkylation sites (N-methyl/N-ethyl adjacent to an activating group) is 1. The van der Waals surface area contributed by atoms with Gasteiger partial charge in [0.2, 0.25) is 5.91 Å². The minimum atomic E-state index is -3.35. The van der Waals surface area contributed by atoms with E-state index in [-0.39, 0.29) is 11.7 Å². The molecule has 0 spiro atoms. The molecule has 0 saturated heterocycles. The number of amides is 1. The molecule has 0 fully saturated rings. The van der Waals surface area contributed by atoms with Gasteiger partial charge in [-0.05, 0) is 24.4 Å². The Balaban J connectivity index is 2.18. The number of thiazole rings is 1. The summed E-state index contributed by atoms with van der Waals surface area (Å²) >= 11 is 2.50. The average molecular weight is 356 g/mol. The maximum Gasteiger partial charge on any atom is 0.246 e. The van der Waals surface area contributed by atoms with E-state index in [1.165, 1.54) is 33.6 Å². The standard InChI is InChI=1S/C14H16N2O3S3/c1-10-11(6-7-13(17)16(2)3)21-12(15-10)9-22(18,19)14-5-4-8-20-14/h4-8H,9H2,1-3H3. The van der Waals surface area contributed by atoms with E-state index in [4.69, 9.17) is 0 Å². The molecule has 0 bridgehead atoms. The van der Waals surface area contributed by atoms with Crippen LogP contribution in [-0.4, -0.2) is 38.3 Å². The molecule has 118 valence electrons. The lowest BCUT2D eigenvalue weighted by molar-refractivity contribution is -0.123. The van der Waals surface area contributed by atoms with Gasteiger partial charge < -0.3 is 4.90 Å². The molecule has 2 aromatic rings. The topological polar surface area (TPSA) is 67.3 Å². The smallest absolute Gasteiger partial charge is 0.246 e. The largest absolute Gasteiger partial charge is 0.345 e. The monoisotopic (exact) mass is 356 g/mol. The number of carbonyl (C=O) groups is 1. The Morgan fingerprint density at radius 1 is 1.41 bits per heavy atom. The van der Waals surface area contributed by atoms with Gasteiger partial charge in [0.1, 0.15) is 15.0 Å². The Morgan fingerprint density at radius 2 is 2.14 bits per heavy atom. The zero-order chi connectivity index (χ0) is 16.3. The van der Waals surface area contributed by atoms with Gasteiger partial charge in [-0.25, -0.2) is 13.4 Å². The molecule has 0 unspecified atom stereocenters. The van der Waals surface area contributed by atoms with Crippen LogP contribution in [0.5, 0.6) is 0 Å². The second-order valence-corrected chi connectivity index (χ2v) is 9.09. The van der Waals surface area contributed by atoms with E-state index < -0.39 is 9.84 Å². The van der Waals surface area contributed by atoms with Crippen molar-refractivity contribution in [2.75, 3.05) is 14.1 Å². The maximum absolute atomic E-state index is 12.2. The predicted octanol–water partition coefficient (Wildman–Crippen LogP) is 2.59. The summed E-state index contributed by atoms with van der Waals surface area (Å²) in [4.78, 5) is 18.1. The van der Waals surface area contributed by atoms with Crippen LogP contribution in [-0.2, 0) is 20.4 Å². The molecule has 1 amide bonds. The molecule has 0 aliphatic heterocycles. The molecule has 2 heterocycles. The zero-order valence-electron chi connectivity index (χ0n) is 12.4. The van der Waals surface area contributed by atoms with Crippen LogP contribution in [0.2, 0.25) is 0 Å². The first-order valence-electron chi connectivity index (χ1n) is 6.41. The van der Waals surface area contributed by atoms with Gasteiger partial charge in [0.25, 0.3) is 0 Å². The second kappa shape index (κ2) is 6.72. The van der Waals surface area contributed by atoms with E-state index in [9.17, 15) is 13.2 Å². The van der Waals surface area contributed by atoms with Crippen molar-refractivity contribution >= 4 is 44.5 Å². The lowest BCUT2D eigenvalue weighted by Gasteiger charge is -2.04. The van der Waals surface area contributed by atoms with Crippen molar-refractivity contribution in [1.29, 1.82) is 0 Å². The highest BCUT2D eigenvalue weighted by Gasteiger charge is 2.19. The number of aromatic nitrogens is 1. The summed E-state index contributed by atoms with van der Waals surface area (Å²) in [6, 6.07) is 3.31. The fourth-order valence-electron chi connectivity index (χ4n) is 1.65. The summed E-state index contributed by atoms with van der Waals surface area (Å²) in [5.41, 5.74) is 0.726. The van der Waals surface area contributed by atoms with Crippen molar-refractivity contribution in [2.45, 2.75) is 16.9 Å². The average Bonchev–Trinajstić information content (AvgIpc) is 3.06. The van der Waals surface area contributed by atoms with Crippen molar-refractivity contribution in [1.82, 2.24) is 9.88 Å². The maximum atomic E-state index is 12.2. The van der Waals surface area contributed by atoms with Crippen LogP contribution in [0.15, 0.2) is 27.8 Å². The number of aryl methyl sites for hydroxylation is 1. The van der Waals surface area contributed by atoms with Gasteiger partial charge in [0.15, 0.2) is 9.84 Å².